The van der Waals surface area contributed by atoms with E-state index in [0.29, 0.717) is 38.9 Å². The number of hydrogen-bond acceptors (Lipinski definition) is 6. The molecule has 0 heterocycles. The summed E-state index contributed by atoms with van der Waals surface area (Å²) in [5, 5.41) is 25.6. The maximum atomic E-state index is 9.82. The van der Waals surface area contributed by atoms with E-state index in [9.17, 15) is 10.2 Å². The number of hydrogen-bond donors (Lipinski definition) is 4. The van der Waals surface area contributed by atoms with Crippen molar-refractivity contribution in [1.82, 2.24) is 10.6 Å². The predicted octanol–water partition coefficient (Wildman–Crippen LogP) is 1.16. The monoisotopic (exact) mass is 348 g/mol. The van der Waals surface area contributed by atoms with Crippen LogP contribution >= 0.6 is 0 Å². The van der Waals surface area contributed by atoms with E-state index in [1.807, 2.05) is 14.0 Å². The first-order chi connectivity index (χ1) is 11.6. The zero-order valence-corrected chi connectivity index (χ0v) is 15.9. The Labute approximate surface area is 148 Å². The van der Waals surface area contributed by atoms with Gasteiger partial charge in [-0.25, -0.2) is 0 Å². The van der Waals surface area contributed by atoms with E-state index in [-0.39, 0.29) is 6.10 Å². The Morgan fingerprint density at radius 1 is 0.917 bits per heavy atom. The molecule has 0 fully saturated rings. The van der Waals surface area contributed by atoms with Crippen molar-refractivity contribution in [2.24, 2.45) is 5.92 Å². The summed E-state index contributed by atoms with van der Waals surface area (Å²) in [5.74, 6) is 0.694. The van der Waals surface area contributed by atoms with E-state index in [4.69, 9.17) is 9.47 Å². The van der Waals surface area contributed by atoms with Crippen LogP contribution < -0.4 is 10.6 Å². The van der Waals surface area contributed by atoms with Crippen LogP contribution in [0.5, 0.6) is 0 Å². The van der Waals surface area contributed by atoms with Crippen molar-refractivity contribution in [2.75, 3.05) is 53.1 Å². The molecule has 4 N–H and O–H groups in total. The van der Waals surface area contributed by atoms with Crippen molar-refractivity contribution in [3.05, 3.63) is 0 Å². The summed E-state index contributed by atoms with van der Waals surface area (Å²) in [6.45, 7) is 8.83. The topological polar surface area (TPSA) is 83.0 Å². The van der Waals surface area contributed by atoms with Crippen molar-refractivity contribution in [3.63, 3.8) is 0 Å². The Bertz CT molecular complexity index is 257. The normalized spacial score (nSPS) is 15.4. The third-order valence-electron chi connectivity index (χ3n) is 3.90. The number of aliphatic hydroxyl groups is 2. The molecule has 0 radical (unpaired) electrons. The number of rotatable bonds is 18. The van der Waals surface area contributed by atoms with Gasteiger partial charge in [-0.3, -0.25) is 0 Å². The summed E-state index contributed by atoms with van der Waals surface area (Å²) >= 11 is 0. The minimum Gasteiger partial charge on any atom is -0.391 e. The van der Waals surface area contributed by atoms with Crippen molar-refractivity contribution in [3.8, 4) is 0 Å². The lowest BCUT2D eigenvalue weighted by molar-refractivity contribution is 0.0207. The van der Waals surface area contributed by atoms with Gasteiger partial charge in [0, 0.05) is 19.8 Å². The standard InChI is InChI=1S/C18H40N2O4/c1-4-17(21)14-23-10-5-6-11-24-15-18(22)13-20-9-7-8-16(2)12-19-3/h16-22H,4-15H2,1-3H3. The fourth-order valence-electron chi connectivity index (χ4n) is 2.32. The first-order valence-electron chi connectivity index (χ1n) is 9.47. The Hall–Kier alpha value is -0.240. The highest BCUT2D eigenvalue weighted by molar-refractivity contribution is 4.61. The van der Waals surface area contributed by atoms with E-state index >= 15 is 0 Å². The smallest absolute Gasteiger partial charge is 0.0897 e. The van der Waals surface area contributed by atoms with Crippen LogP contribution in [-0.2, 0) is 9.47 Å². The minimum atomic E-state index is -0.448. The van der Waals surface area contributed by atoms with Crippen LogP contribution in [0.1, 0.15) is 46.0 Å². The maximum Gasteiger partial charge on any atom is 0.0897 e. The van der Waals surface area contributed by atoms with E-state index < -0.39 is 6.10 Å². The van der Waals surface area contributed by atoms with Crippen molar-refractivity contribution in [1.29, 1.82) is 0 Å². The molecule has 0 aromatic heterocycles. The molecule has 0 rings (SSSR count). The molecule has 24 heavy (non-hydrogen) atoms. The molecule has 0 spiro atoms. The molecule has 0 aliphatic carbocycles. The van der Waals surface area contributed by atoms with E-state index in [0.717, 1.165) is 38.8 Å². The predicted molar refractivity (Wildman–Crippen MR) is 98.4 cm³/mol. The molecule has 146 valence electrons. The van der Waals surface area contributed by atoms with E-state index in [1.54, 1.807) is 0 Å². The summed E-state index contributed by atoms with van der Waals surface area (Å²) in [4.78, 5) is 0. The second-order valence-electron chi connectivity index (χ2n) is 6.58. The van der Waals surface area contributed by atoms with E-state index in [2.05, 4.69) is 17.6 Å². The molecular formula is C18H40N2O4. The second kappa shape index (κ2) is 17.6. The largest absolute Gasteiger partial charge is 0.391 e. The Kier molecular flexibility index (Phi) is 17.4. The zero-order chi connectivity index (χ0) is 18.0. The highest BCUT2D eigenvalue weighted by Crippen LogP contribution is 2.02. The molecule has 0 saturated heterocycles. The maximum absolute atomic E-state index is 9.82. The van der Waals surface area contributed by atoms with Gasteiger partial charge in [0.05, 0.1) is 25.4 Å². The van der Waals surface area contributed by atoms with Gasteiger partial charge in [0.15, 0.2) is 0 Å². The van der Waals surface area contributed by atoms with Gasteiger partial charge in [-0.1, -0.05) is 13.8 Å². The Morgan fingerprint density at radius 2 is 1.54 bits per heavy atom. The Balaban J connectivity index is 3.25. The third kappa shape index (κ3) is 16.6. The fourth-order valence-corrected chi connectivity index (χ4v) is 2.32. The molecule has 0 aromatic carbocycles. The first-order valence-corrected chi connectivity index (χ1v) is 9.47. The van der Waals surface area contributed by atoms with Gasteiger partial charge in [0.1, 0.15) is 0 Å². The second-order valence-corrected chi connectivity index (χ2v) is 6.58. The number of nitrogens with one attached hydrogen (secondary N) is 2. The summed E-state index contributed by atoms with van der Waals surface area (Å²) in [7, 11) is 1.98. The molecule has 6 nitrogen and oxygen atoms in total. The average molecular weight is 349 g/mol. The molecule has 0 aromatic rings. The zero-order valence-electron chi connectivity index (χ0n) is 15.9. The number of aliphatic hydroxyl groups excluding tert-OH is 2. The molecule has 6 heteroatoms. The lowest BCUT2D eigenvalue weighted by Gasteiger charge is -2.14. The molecule has 0 bridgehead atoms. The molecule has 0 amide bonds. The summed E-state index contributed by atoms with van der Waals surface area (Å²) in [6.07, 6.45) is 4.07. The summed E-state index contributed by atoms with van der Waals surface area (Å²) in [6, 6.07) is 0. The molecule has 0 aliphatic rings. The summed E-state index contributed by atoms with van der Waals surface area (Å²) < 4.78 is 10.8. The van der Waals surface area contributed by atoms with Crippen LogP contribution in [0, 0.1) is 5.92 Å². The molecule has 0 aliphatic heterocycles. The molecule has 3 unspecified atom stereocenters. The van der Waals surface area contributed by atoms with Crippen LogP contribution in [0.15, 0.2) is 0 Å². The number of unbranched alkanes of at least 4 members (excludes halogenated alkanes) is 1. The van der Waals surface area contributed by atoms with Crippen molar-refractivity contribution in [2.45, 2.75) is 58.2 Å². The highest BCUT2D eigenvalue weighted by Gasteiger charge is 2.05. The van der Waals surface area contributed by atoms with Crippen molar-refractivity contribution < 1.29 is 19.7 Å². The minimum absolute atomic E-state index is 0.351. The number of ether oxygens (including phenoxy) is 2. The lowest BCUT2D eigenvalue weighted by Crippen LogP contribution is -2.31. The first kappa shape index (κ1) is 23.8. The van der Waals surface area contributed by atoms with Gasteiger partial charge < -0.3 is 30.3 Å². The summed E-state index contributed by atoms with van der Waals surface area (Å²) in [5.41, 5.74) is 0. The average Bonchev–Trinajstić information content (AvgIpc) is 2.56. The van der Waals surface area contributed by atoms with E-state index in [1.165, 1.54) is 6.42 Å². The van der Waals surface area contributed by atoms with Gasteiger partial charge in [-0.2, -0.15) is 0 Å². The van der Waals surface area contributed by atoms with Crippen LogP contribution in [0.2, 0.25) is 0 Å². The van der Waals surface area contributed by atoms with Crippen LogP contribution in [0.3, 0.4) is 0 Å². The van der Waals surface area contributed by atoms with Gasteiger partial charge in [0.2, 0.25) is 0 Å². The van der Waals surface area contributed by atoms with Gasteiger partial charge in [-0.05, 0) is 58.2 Å². The molecule has 3 atom stereocenters. The SMILES string of the molecule is CCC(O)COCCCCOCC(O)CNCCCC(C)CNC. The fraction of sp³-hybridized carbons (Fsp3) is 1.00. The highest BCUT2D eigenvalue weighted by atomic mass is 16.5. The van der Waals surface area contributed by atoms with Gasteiger partial charge in [0.25, 0.3) is 0 Å². The molecule has 0 saturated carbocycles. The van der Waals surface area contributed by atoms with Crippen LogP contribution in [0.4, 0.5) is 0 Å². The van der Waals surface area contributed by atoms with Crippen LogP contribution in [0.25, 0.3) is 0 Å². The van der Waals surface area contributed by atoms with Crippen molar-refractivity contribution >= 4 is 0 Å². The third-order valence-corrected chi connectivity index (χ3v) is 3.90. The Morgan fingerprint density at radius 3 is 2.12 bits per heavy atom. The van der Waals surface area contributed by atoms with Gasteiger partial charge in [-0.15, -0.1) is 0 Å². The molecular weight excluding hydrogens is 308 g/mol. The quantitative estimate of drug-likeness (QED) is 0.278. The van der Waals surface area contributed by atoms with Gasteiger partial charge >= 0.3 is 0 Å². The van der Waals surface area contributed by atoms with Crippen LogP contribution in [-0.4, -0.2) is 75.5 Å². The lowest BCUT2D eigenvalue weighted by atomic mass is 10.1.